The summed E-state index contributed by atoms with van der Waals surface area (Å²) in [6.45, 7) is 1.57. The predicted octanol–water partition coefficient (Wildman–Crippen LogP) is 2.04. The van der Waals surface area contributed by atoms with E-state index in [0.29, 0.717) is 0 Å². The van der Waals surface area contributed by atoms with Crippen LogP contribution in [0.5, 0.6) is 0 Å². The number of halogens is 2. The summed E-state index contributed by atoms with van der Waals surface area (Å²) in [5.41, 5.74) is 0.169. The van der Waals surface area contributed by atoms with E-state index in [4.69, 9.17) is 28.3 Å². The van der Waals surface area contributed by atoms with E-state index in [1.165, 1.54) is 24.9 Å². The standard InChI is InChI=1S/C14H16Cl2N2O4/c1-8(14(22)18(2)7-6-11(19)20)17-13(21)9-4-3-5-10(15)12(9)16/h3-5,8H,6-7H2,1-2H3,(H,17,21)(H,19,20). The van der Waals surface area contributed by atoms with Crippen LogP contribution in [0.25, 0.3) is 0 Å². The summed E-state index contributed by atoms with van der Waals surface area (Å²) in [5.74, 6) is -1.92. The molecule has 0 saturated heterocycles. The van der Waals surface area contributed by atoms with E-state index < -0.39 is 23.8 Å². The molecule has 2 amide bonds. The minimum atomic E-state index is -0.998. The molecule has 8 heteroatoms. The lowest BCUT2D eigenvalue weighted by atomic mass is 10.2. The summed E-state index contributed by atoms with van der Waals surface area (Å²) < 4.78 is 0. The predicted molar refractivity (Wildman–Crippen MR) is 83.3 cm³/mol. The Morgan fingerprint density at radius 3 is 2.55 bits per heavy atom. The number of carbonyl (C=O) groups is 3. The molecule has 1 rings (SSSR count). The highest BCUT2D eigenvalue weighted by Gasteiger charge is 2.22. The van der Waals surface area contributed by atoms with Crippen LogP contribution in [-0.2, 0) is 9.59 Å². The second-order valence-electron chi connectivity index (χ2n) is 4.70. The quantitative estimate of drug-likeness (QED) is 0.825. The molecule has 1 atom stereocenters. The lowest BCUT2D eigenvalue weighted by Crippen LogP contribution is -2.46. The topological polar surface area (TPSA) is 86.7 Å². The van der Waals surface area contributed by atoms with Crippen LogP contribution in [0.4, 0.5) is 0 Å². The summed E-state index contributed by atoms with van der Waals surface area (Å²) in [6, 6.07) is 3.81. The first kappa shape index (κ1) is 18.3. The zero-order valence-electron chi connectivity index (χ0n) is 12.1. The number of nitrogens with one attached hydrogen (secondary N) is 1. The molecule has 0 spiro atoms. The molecule has 0 heterocycles. The largest absolute Gasteiger partial charge is 0.481 e. The maximum atomic E-state index is 12.1. The van der Waals surface area contributed by atoms with Gasteiger partial charge >= 0.3 is 5.97 Å². The van der Waals surface area contributed by atoms with Gasteiger partial charge in [0.15, 0.2) is 0 Å². The molecule has 0 bridgehead atoms. The molecule has 0 aliphatic heterocycles. The molecule has 2 N–H and O–H groups in total. The van der Waals surface area contributed by atoms with Crippen molar-refractivity contribution < 1.29 is 19.5 Å². The van der Waals surface area contributed by atoms with E-state index in [9.17, 15) is 14.4 Å². The first-order chi connectivity index (χ1) is 10.2. The summed E-state index contributed by atoms with van der Waals surface area (Å²) in [4.78, 5) is 35.9. The number of benzene rings is 1. The third-order valence-electron chi connectivity index (χ3n) is 2.95. The monoisotopic (exact) mass is 346 g/mol. The second kappa shape index (κ2) is 8.00. The minimum absolute atomic E-state index is 0.0618. The Morgan fingerprint density at radius 1 is 1.32 bits per heavy atom. The number of hydrogen-bond donors (Lipinski definition) is 2. The number of likely N-dealkylation sites (N-methyl/N-ethyl adjacent to an activating group) is 1. The van der Waals surface area contributed by atoms with Crippen molar-refractivity contribution in [3.8, 4) is 0 Å². The van der Waals surface area contributed by atoms with Gasteiger partial charge in [-0.3, -0.25) is 14.4 Å². The highest BCUT2D eigenvalue weighted by atomic mass is 35.5. The Kier molecular flexibility index (Phi) is 6.64. The number of aliphatic carboxylic acids is 1. The Bertz CT molecular complexity index is 592. The molecule has 0 aromatic heterocycles. The van der Waals surface area contributed by atoms with Crippen molar-refractivity contribution in [1.29, 1.82) is 0 Å². The van der Waals surface area contributed by atoms with Crippen molar-refractivity contribution in [2.24, 2.45) is 0 Å². The smallest absolute Gasteiger partial charge is 0.305 e. The van der Waals surface area contributed by atoms with Crippen LogP contribution in [0.3, 0.4) is 0 Å². The fourth-order valence-electron chi connectivity index (χ4n) is 1.72. The lowest BCUT2D eigenvalue weighted by Gasteiger charge is -2.21. The molecule has 120 valence electrons. The highest BCUT2D eigenvalue weighted by molar-refractivity contribution is 6.43. The summed E-state index contributed by atoms with van der Waals surface area (Å²) >= 11 is 11.8. The van der Waals surface area contributed by atoms with Gasteiger partial charge in [-0.05, 0) is 19.1 Å². The van der Waals surface area contributed by atoms with Crippen LogP contribution in [0, 0.1) is 0 Å². The normalized spacial score (nSPS) is 11.6. The maximum Gasteiger partial charge on any atom is 0.305 e. The maximum absolute atomic E-state index is 12.1. The van der Waals surface area contributed by atoms with Crippen LogP contribution in [0.2, 0.25) is 10.0 Å². The van der Waals surface area contributed by atoms with E-state index >= 15 is 0 Å². The van der Waals surface area contributed by atoms with E-state index in [2.05, 4.69) is 5.32 Å². The molecule has 0 fully saturated rings. The number of hydrogen-bond acceptors (Lipinski definition) is 3. The first-order valence-corrected chi connectivity index (χ1v) is 7.21. The third-order valence-corrected chi connectivity index (χ3v) is 3.77. The molecule has 0 aliphatic carbocycles. The molecule has 22 heavy (non-hydrogen) atoms. The summed E-state index contributed by atoms with van der Waals surface area (Å²) in [5, 5.41) is 11.5. The molecule has 0 radical (unpaired) electrons. The molecule has 0 saturated carbocycles. The number of carboxylic acids is 1. The van der Waals surface area contributed by atoms with E-state index in [1.54, 1.807) is 12.1 Å². The Balaban J connectivity index is 2.69. The van der Waals surface area contributed by atoms with Crippen LogP contribution >= 0.6 is 23.2 Å². The molecule has 0 aliphatic rings. The van der Waals surface area contributed by atoms with Crippen molar-refractivity contribution in [2.45, 2.75) is 19.4 Å². The lowest BCUT2D eigenvalue weighted by molar-refractivity contribution is -0.138. The van der Waals surface area contributed by atoms with E-state index in [-0.39, 0.29) is 28.6 Å². The van der Waals surface area contributed by atoms with Gasteiger partial charge in [-0.2, -0.15) is 0 Å². The molecule has 1 aromatic carbocycles. The Morgan fingerprint density at radius 2 is 1.95 bits per heavy atom. The minimum Gasteiger partial charge on any atom is -0.481 e. The highest BCUT2D eigenvalue weighted by Crippen LogP contribution is 2.25. The van der Waals surface area contributed by atoms with Gasteiger partial charge in [0.05, 0.1) is 22.0 Å². The average molecular weight is 347 g/mol. The first-order valence-electron chi connectivity index (χ1n) is 6.45. The van der Waals surface area contributed by atoms with Crippen molar-refractivity contribution in [2.75, 3.05) is 13.6 Å². The average Bonchev–Trinajstić information content (AvgIpc) is 2.46. The van der Waals surface area contributed by atoms with Gasteiger partial charge in [0.2, 0.25) is 5.91 Å². The molecular weight excluding hydrogens is 331 g/mol. The summed E-state index contributed by atoms with van der Waals surface area (Å²) in [6.07, 6.45) is -0.164. The van der Waals surface area contributed by atoms with Gasteiger partial charge in [0.1, 0.15) is 6.04 Å². The van der Waals surface area contributed by atoms with Gasteiger partial charge in [-0.15, -0.1) is 0 Å². The molecule has 6 nitrogen and oxygen atoms in total. The zero-order chi connectivity index (χ0) is 16.9. The number of rotatable bonds is 6. The number of carbonyl (C=O) groups excluding carboxylic acids is 2. The van der Waals surface area contributed by atoms with Crippen LogP contribution in [0.1, 0.15) is 23.7 Å². The SMILES string of the molecule is CC(NC(=O)c1cccc(Cl)c1Cl)C(=O)N(C)CCC(=O)O. The van der Waals surface area contributed by atoms with Crippen molar-refractivity contribution in [3.63, 3.8) is 0 Å². The fraction of sp³-hybridized carbons (Fsp3) is 0.357. The van der Waals surface area contributed by atoms with Gasteiger partial charge < -0.3 is 15.3 Å². The number of carboxylic acid groups (broad SMARTS) is 1. The van der Waals surface area contributed by atoms with Crippen LogP contribution in [-0.4, -0.2) is 47.4 Å². The fourth-order valence-corrected chi connectivity index (χ4v) is 2.11. The molecule has 1 aromatic rings. The van der Waals surface area contributed by atoms with Crippen molar-refractivity contribution in [3.05, 3.63) is 33.8 Å². The van der Waals surface area contributed by atoms with E-state index in [0.717, 1.165) is 0 Å². The Labute approximate surface area is 138 Å². The van der Waals surface area contributed by atoms with Crippen molar-refractivity contribution in [1.82, 2.24) is 10.2 Å². The van der Waals surface area contributed by atoms with Gasteiger partial charge in [-0.25, -0.2) is 0 Å². The van der Waals surface area contributed by atoms with Gasteiger partial charge in [-0.1, -0.05) is 29.3 Å². The third kappa shape index (κ3) is 4.89. The second-order valence-corrected chi connectivity index (χ2v) is 5.49. The number of amides is 2. The summed E-state index contributed by atoms with van der Waals surface area (Å²) in [7, 11) is 1.47. The van der Waals surface area contributed by atoms with Crippen LogP contribution < -0.4 is 5.32 Å². The van der Waals surface area contributed by atoms with Crippen molar-refractivity contribution >= 4 is 41.0 Å². The molecular formula is C14H16Cl2N2O4. The van der Waals surface area contributed by atoms with Gasteiger partial charge in [0, 0.05) is 13.6 Å². The zero-order valence-corrected chi connectivity index (χ0v) is 13.6. The van der Waals surface area contributed by atoms with E-state index in [1.807, 2.05) is 0 Å². The molecule has 1 unspecified atom stereocenters. The number of nitrogens with zero attached hydrogens (tertiary/aromatic N) is 1. The Hall–Kier alpha value is -1.79. The van der Waals surface area contributed by atoms with Crippen LogP contribution in [0.15, 0.2) is 18.2 Å². The van der Waals surface area contributed by atoms with Gasteiger partial charge in [0.25, 0.3) is 5.91 Å².